The van der Waals surface area contributed by atoms with Gasteiger partial charge in [-0.2, -0.15) is 0 Å². The number of methoxy groups -OCH3 is 1. The van der Waals surface area contributed by atoms with Crippen molar-refractivity contribution in [3.8, 4) is 17.0 Å². The third kappa shape index (κ3) is 1.83. The molecule has 102 valence electrons. The van der Waals surface area contributed by atoms with Gasteiger partial charge in [0, 0.05) is 11.1 Å². The fourth-order valence-electron chi connectivity index (χ4n) is 2.29. The Morgan fingerprint density at radius 2 is 2.15 bits per heavy atom. The molecule has 20 heavy (non-hydrogen) atoms. The van der Waals surface area contributed by atoms with Gasteiger partial charge in [0.1, 0.15) is 5.75 Å². The molecule has 5 nitrogen and oxygen atoms in total. The smallest absolute Gasteiger partial charge is 0.339 e. The zero-order valence-corrected chi connectivity index (χ0v) is 11.1. The lowest BCUT2D eigenvalue weighted by molar-refractivity contribution is -0.0217. The van der Waals surface area contributed by atoms with Gasteiger partial charge in [0.25, 0.3) is 0 Å². The second kappa shape index (κ2) is 4.61. The van der Waals surface area contributed by atoms with Crippen molar-refractivity contribution in [2.45, 2.75) is 13.2 Å². The normalized spacial score (nSPS) is 15.8. The number of hydrogen-bond donors (Lipinski definition) is 1. The summed E-state index contributed by atoms with van der Waals surface area (Å²) in [6, 6.07) is 8.91. The van der Waals surface area contributed by atoms with Crippen LogP contribution in [0.15, 0.2) is 30.3 Å². The van der Waals surface area contributed by atoms with Crippen molar-refractivity contribution in [3.63, 3.8) is 0 Å². The minimum atomic E-state index is -1.14. The zero-order valence-electron chi connectivity index (χ0n) is 11.1. The van der Waals surface area contributed by atoms with Crippen LogP contribution in [-0.2, 0) is 4.74 Å². The van der Waals surface area contributed by atoms with E-state index in [1.54, 1.807) is 19.1 Å². The third-order valence-electron chi connectivity index (χ3n) is 3.29. The highest BCUT2D eigenvalue weighted by atomic mass is 16.6. The van der Waals surface area contributed by atoms with Crippen molar-refractivity contribution in [3.05, 3.63) is 47.2 Å². The predicted octanol–water partition coefficient (Wildman–Crippen LogP) is 2.23. The summed E-state index contributed by atoms with van der Waals surface area (Å²) >= 11 is 0. The van der Waals surface area contributed by atoms with Gasteiger partial charge in [-0.15, -0.1) is 0 Å². The van der Waals surface area contributed by atoms with Crippen molar-refractivity contribution >= 4 is 5.97 Å². The number of esters is 1. The molecule has 3 rings (SSSR count). The fraction of sp³-hybridized carbons (Fsp3) is 0.200. The number of fused-ring (bicyclic) bond motifs is 3. The molecule has 0 saturated heterocycles. The van der Waals surface area contributed by atoms with Crippen LogP contribution < -0.4 is 4.74 Å². The van der Waals surface area contributed by atoms with Crippen molar-refractivity contribution in [2.24, 2.45) is 0 Å². The van der Waals surface area contributed by atoms with Gasteiger partial charge >= 0.3 is 5.97 Å². The molecule has 0 unspecified atom stereocenters. The van der Waals surface area contributed by atoms with Crippen LogP contribution in [0.3, 0.4) is 0 Å². The first kappa shape index (κ1) is 12.6. The van der Waals surface area contributed by atoms with Crippen molar-refractivity contribution in [2.75, 3.05) is 7.11 Å². The number of para-hydroxylation sites is 1. The number of aromatic nitrogens is 1. The number of hydrogen-bond acceptors (Lipinski definition) is 5. The van der Waals surface area contributed by atoms with E-state index in [4.69, 9.17) is 9.47 Å². The SMILES string of the molecule is COC(=O)c1cc2c(nc1C)-c1ccccc1O[C@@H]2O. The average molecular weight is 271 g/mol. The van der Waals surface area contributed by atoms with E-state index in [1.807, 2.05) is 18.2 Å². The molecule has 1 aliphatic rings. The van der Waals surface area contributed by atoms with Gasteiger partial charge < -0.3 is 14.6 Å². The summed E-state index contributed by atoms with van der Waals surface area (Å²) in [5.41, 5.74) is 2.78. The molecule has 1 N–H and O–H groups in total. The Hall–Kier alpha value is -2.40. The van der Waals surface area contributed by atoms with Gasteiger partial charge in [-0.1, -0.05) is 12.1 Å². The second-order valence-corrected chi connectivity index (χ2v) is 4.52. The number of aliphatic hydroxyl groups excluding tert-OH is 1. The lowest BCUT2D eigenvalue weighted by Gasteiger charge is -2.25. The number of pyridine rings is 1. The van der Waals surface area contributed by atoms with Crippen LogP contribution in [0.4, 0.5) is 0 Å². The maximum atomic E-state index is 11.7. The van der Waals surface area contributed by atoms with E-state index in [9.17, 15) is 9.90 Å². The van der Waals surface area contributed by atoms with E-state index in [1.165, 1.54) is 7.11 Å². The number of rotatable bonds is 1. The molecule has 0 amide bonds. The molecule has 0 aliphatic carbocycles. The number of carbonyl (C=O) groups is 1. The summed E-state index contributed by atoms with van der Waals surface area (Å²) in [7, 11) is 1.31. The lowest BCUT2D eigenvalue weighted by atomic mass is 9.99. The van der Waals surface area contributed by atoms with Crippen LogP contribution >= 0.6 is 0 Å². The Kier molecular flexibility index (Phi) is 2.91. The number of carbonyl (C=O) groups excluding carboxylic acids is 1. The van der Waals surface area contributed by atoms with E-state index in [-0.39, 0.29) is 0 Å². The highest BCUT2D eigenvalue weighted by Crippen LogP contribution is 2.40. The summed E-state index contributed by atoms with van der Waals surface area (Å²) < 4.78 is 10.1. The summed E-state index contributed by atoms with van der Waals surface area (Å²) in [4.78, 5) is 16.1. The number of aryl methyl sites for hydroxylation is 1. The first-order valence-corrected chi connectivity index (χ1v) is 6.16. The number of benzene rings is 1. The van der Waals surface area contributed by atoms with Crippen molar-refractivity contribution in [1.82, 2.24) is 4.98 Å². The monoisotopic (exact) mass is 271 g/mol. The molecule has 2 heterocycles. The molecule has 2 aromatic rings. The van der Waals surface area contributed by atoms with Gasteiger partial charge in [0.2, 0.25) is 6.29 Å². The predicted molar refractivity (Wildman–Crippen MR) is 71.3 cm³/mol. The second-order valence-electron chi connectivity index (χ2n) is 4.52. The quantitative estimate of drug-likeness (QED) is 0.805. The van der Waals surface area contributed by atoms with Crippen LogP contribution in [0.25, 0.3) is 11.3 Å². The maximum absolute atomic E-state index is 11.7. The average Bonchev–Trinajstić information content (AvgIpc) is 2.46. The van der Waals surface area contributed by atoms with Crippen LogP contribution in [0, 0.1) is 6.92 Å². The van der Waals surface area contributed by atoms with E-state index >= 15 is 0 Å². The molecular weight excluding hydrogens is 258 g/mol. The molecule has 0 bridgehead atoms. The van der Waals surface area contributed by atoms with E-state index in [2.05, 4.69) is 4.98 Å². The standard InChI is InChI=1S/C15H13NO4/c1-8-10(14(17)19-2)7-11-13(16-8)9-5-3-4-6-12(9)20-15(11)18/h3-7,15,18H,1-2H3/t15-/m0/s1. The number of aliphatic hydroxyl groups is 1. The van der Waals surface area contributed by atoms with Gasteiger partial charge in [0.15, 0.2) is 0 Å². The topological polar surface area (TPSA) is 68.7 Å². The van der Waals surface area contributed by atoms with Gasteiger partial charge in [0.05, 0.1) is 24.1 Å². The van der Waals surface area contributed by atoms with Crippen molar-refractivity contribution in [1.29, 1.82) is 0 Å². The van der Waals surface area contributed by atoms with Crippen molar-refractivity contribution < 1.29 is 19.4 Å². The Morgan fingerprint density at radius 3 is 2.90 bits per heavy atom. The molecule has 5 heteroatoms. The summed E-state index contributed by atoms with van der Waals surface area (Å²) in [6.45, 7) is 1.73. The van der Waals surface area contributed by atoms with Gasteiger partial charge in [-0.3, -0.25) is 4.98 Å². The Labute approximate surface area is 115 Å². The fourth-order valence-corrected chi connectivity index (χ4v) is 2.29. The molecule has 0 radical (unpaired) electrons. The minimum absolute atomic E-state index is 0.327. The molecule has 1 aliphatic heterocycles. The van der Waals surface area contributed by atoms with Gasteiger partial charge in [-0.05, 0) is 25.1 Å². The highest BCUT2D eigenvalue weighted by molar-refractivity contribution is 5.91. The molecular formula is C15H13NO4. The van der Waals surface area contributed by atoms with E-state index in [0.29, 0.717) is 28.3 Å². The largest absolute Gasteiger partial charge is 0.465 e. The minimum Gasteiger partial charge on any atom is -0.465 e. The Morgan fingerprint density at radius 1 is 1.40 bits per heavy atom. The maximum Gasteiger partial charge on any atom is 0.339 e. The number of ether oxygens (including phenoxy) is 2. The summed E-state index contributed by atoms with van der Waals surface area (Å²) in [5.74, 6) is 0.0917. The lowest BCUT2D eigenvalue weighted by Crippen LogP contribution is -2.17. The Bertz CT molecular complexity index is 696. The first-order valence-electron chi connectivity index (χ1n) is 6.16. The molecule has 1 aromatic heterocycles. The molecule has 0 fully saturated rings. The van der Waals surface area contributed by atoms with Gasteiger partial charge in [-0.25, -0.2) is 4.79 Å². The molecule has 0 saturated carbocycles. The summed E-state index contributed by atoms with van der Waals surface area (Å²) in [6.07, 6.45) is -1.14. The molecule has 1 atom stereocenters. The highest BCUT2D eigenvalue weighted by Gasteiger charge is 2.27. The van der Waals surface area contributed by atoms with Crippen LogP contribution in [-0.4, -0.2) is 23.2 Å². The van der Waals surface area contributed by atoms with Crippen LogP contribution in [0.1, 0.15) is 27.9 Å². The van der Waals surface area contributed by atoms with E-state index in [0.717, 1.165) is 5.56 Å². The third-order valence-corrected chi connectivity index (χ3v) is 3.29. The molecule has 1 aromatic carbocycles. The van der Waals surface area contributed by atoms with Crippen LogP contribution in [0.5, 0.6) is 5.75 Å². The zero-order chi connectivity index (χ0) is 14.3. The van der Waals surface area contributed by atoms with Crippen LogP contribution in [0.2, 0.25) is 0 Å². The van der Waals surface area contributed by atoms with E-state index < -0.39 is 12.3 Å². The summed E-state index contributed by atoms with van der Waals surface area (Å²) in [5, 5.41) is 10.1. The first-order chi connectivity index (χ1) is 9.61. The molecule has 0 spiro atoms. The number of nitrogens with zero attached hydrogens (tertiary/aromatic N) is 1. The Balaban J connectivity index is 2.23.